The van der Waals surface area contributed by atoms with Crippen molar-refractivity contribution in [2.45, 2.75) is 31.4 Å². The third-order valence-electron chi connectivity index (χ3n) is 5.03. The van der Waals surface area contributed by atoms with Gasteiger partial charge in [-0.25, -0.2) is 0 Å². The van der Waals surface area contributed by atoms with Crippen molar-refractivity contribution in [1.82, 2.24) is 4.90 Å². The first-order chi connectivity index (χ1) is 12.2. The molecule has 0 bridgehead atoms. The number of nitrogens with zero attached hydrogens (tertiary/aromatic N) is 3. The zero-order chi connectivity index (χ0) is 17.1. The molecule has 1 fully saturated rings. The van der Waals surface area contributed by atoms with Crippen molar-refractivity contribution >= 4 is 5.71 Å². The smallest absolute Gasteiger partial charge is 0.156 e. The van der Waals surface area contributed by atoms with E-state index in [2.05, 4.69) is 40.4 Å². The summed E-state index contributed by atoms with van der Waals surface area (Å²) in [7, 11) is 0. The Morgan fingerprint density at radius 2 is 1.88 bits per heavy atom. The quantitative estimate of drug-likeness (QED) is 0.861. The number of benzene rings is 2. The summed E-state index contributed by atoms with van der Waals surface area (Å²) in [4.78, 5) is 8.31. The Morgan fingerprint density at radius 3 is 2.64 bits per heavy atom. The molecule has 0 radical (unpaired) electrons. The van der Waals surface area contributed by atoms with Crippen molar-refractivity contribution in [2.75, 3.05) is 13.1 Å². The van der Waals surface area contributed by atoms with Crippen LogP contribution < -0.4 is 0 Å². The Bertz CT molecular complexity index is 807. The van der Waals surface area contributed by atoms with Crippen LogP contribution in [0.4, 0.5) is 0 Å². The molecule has 25 heavy (non-hydrogen) atoms. The molecule has 4 heteroatoms. The number of nitriles is 1. The van der Waals surface area contributed by atoms with Gasteiger partial charge in [0, 0.05) is 38.9 Å². The Labute approximate surface area is 148 Å². The molecule has 0 amide bonds. The van der Waals surface area contributed by atoms with Gasteiger partial charge < -0.3 is 4.84 Å². The lowest BCUT2D eigenvalue weighted by atomic mass is 9.94. The third kappa shape index (κ3) is 3.57. The summed E-state index contributed by atoms with van der Waals surface area (Å²) in [6.45, 7) is 2.83. The average molecular weight is 331 g/mol. The zero-order valence-corrected chi connectivity index (χ0v) is 14.2. The van der Waals surface area contributed by atoms with Crippen LogP contribution in [-0.4, -0.2) is 29.3 Å². The van der Waals surface area contributed by atoms with Crippen molar-refractivity contribution in [3.05, 3.63) is 71.3 Å². The van der Waals surface area contributed by atoms with E-state index >= 15 is 0 Å². The molecular formula is C21H21N3O. The van der Waals surface area contributed by atoms with Crippen LogP contribution in [0.5, 0.6) is 0 Å². The van der Waals surface area contributed by atoms with Gasteiger partial charge in [0.2, 0.25) is 0 Å². The summed E-state index contributed by atoms with van der Waals surface area (Å²) in [5, 5.41) is 13.3. The first kappa shape index (κ1) is 15.9. The molecule has 2 aliphatic heterocycles. The fraction of sp³-hybridized carbons (Fsp3) is 0.333. The summed E-state index contributed by atoms with van der Waals surface area (Å²) in [5.41, 5.74) is 4.23. The Hall–Kier alpha value is -2.64. The van der Waals surface area contributed by atoms with Crippen LogP contribution in [0.2, 0.25) is 0 Å². The van der Waals surface area contributed by atoms with Crippen molar-refractivity contribution in [2.24, 2.45) is 5.16 Å². The van der Waals surface area contributed by atoms with E-state index in [1.807, 2.05) is 30.3 Å². The second-order valence-electron chi connectivity index (χ2n) is 7.04. The fourth-order valence-electron chi connectivity index (χ4n) is 3.75. The van der Waals surface area contributed by atoms with Gasteiger partial charge in [-0.3, -0.25) is 4.90 Å². The lowest BCUT2D eigenvalue weighted by Crippen LogP contribution is -2.33. The van der Waals surface area contributed by atoms with Crippen molar-refractivity contribution < 1.29 is 4.84 Å². The minimum Gasteiger partial charge on any atom is -0.387 e. The molecule has 0 saturated carbocycles. The van der Waals surface area contributed by atoms with Crippen LogP contribution in [0.1, 0.15) is 29.5 Å². The number of hydrogen-bond donors (Lipinski definition) is 0. The fourth-order valence-corrected chi connectivity index (χ4v) is 3.75. The molecule has 1 spiro atoms. The molecule has 1 atom stereocenters. The van der Waals surface area contributed by atoms with Gasteiger partial charge in [-0.2, -0.15) is 5.26 Å². The molecular weight excluding hydrogens is 310 g/mol. The van der Waals surface area contributed by atoms with E-state index in [1.54, 1.807) is 0 Å². The van der Waals surface area contributed by atoms with Gasteiger partial charge in [0.05, 0.1) is 17.3 Å². The van der Waals surface area contributed by atoms with Crippen molar-refractivity contribution in [1.29, 1.82) is 5.26 Å². The highest BCUT2D eigenvalue weighted by molar-refractivity contribution is 5.88. The Kier molecular flexibility index (Phi) is 4.25. The van der Waals surface area contributed by atoms with Gasteiger partial charge in [0.15, 0.2) is 5.60 Å². The molecule has 2 aromatic rings. The summed E-state index contributed by atoms with van der Waals surface area (Å²) in [6.07, 6.45) is 2.81. The highest BCUT2D eigenvalue weighted by Crippen LogP contribution is 2.35. The molecule has 0 aliphatic carbocycles. The largest absolute Gasteiger partial charge is 0.387 e. The number of hydrogen-bond acceptors (Lipinski definition) is 4. The summed E-state index contributed by atoms with van der Waals surface area (Å²) in [6, 6.07) is 20.5. The molecule has 2 aliphatic rings. The minimum absolute atomic E-state index is 0.142. The van der Waals surface area contributed by atoms with Crippen LogP contribution in [0.25, 0.3) is 0 Å². The van der Waals surface area contributed by atoms with Gasteiger partial charge in [-0.15, -0.1) is 0 Å². The van der Waals surface area contributed by atoms with Gasteiger partial charge in [-0.1, -0.05) is 47.6 Å². The zero-order valence-electron chi connectivity index (χ0n) is 14.2. The molecule has 0 N–H and O–H groups in total. The van der Waals surface area contributed by atoms with E-state index in [9.17, 15) is 0 Å². The predicted octanol–water partition coefficient (Wildman–Crippen LogP) is 3.52. The Balaban J connectivity index is 1.34. The van der Waals surface area contributed by atoms with Crippen LogP contribution in [0, 0.1) is 11.3 Å². The second kappa shape index (κ2) is 6.70. The van der Waals surface area contributed by atoms with E-state index in [4.69, 9.17) is 10.1 Å². The number of oxime groups is 1. The maximum absolute atomic E-state index is 8.89. The monoisotopic (exact) mass is 331 g/mol. The first-order valence-electron chi connectivity index (χ1n) is 8.74. The lowest BCUT2D eigenvalue weighted by molar-refractivity contribution is -0.0104. The maximum Gasteiger partial charge on any atom is 0.156 e. The topological polar surface area (TPSA) is 48.6 Å². The summed E-state index contributed by atoms with van der Waals surface area (Å²) in [5.74, 6) is 0. The standard InChI is InChI=1S/C21H21N3O/c22-14-18-6-8-19(9-7-18)15-24-11-10-21(16-24)13-20(23-25-21)12-17-4-2-1-3-5-17/h1-9H,10-13,15-16H2. The van der Waals surface area contributed by atoms with Gasteiger partial charge in [0.1, 0.15) is 0 Å². The second-order valence-corrected chi connectivity index (χ2v) is 7.04. The normalized spacial score (nSPS) is 22.6. The third-order valence-corrected chi connectivity index (χ3v) is 5.03. The molecule has 4 nitrogen and oxygen atoms in total. The molecule has 2 heterocycles. The SMILES string of the molecule is N#Cc1ccc(CN2CCC3(CC(Cc4ccccc4)=NO3)C2)cc1. The van der Waals surface area contributed by atoms with E-state index in [1.165, 1.54) is 11.1 Å². The lowest BCUT2D eigenvalue weighted by Gasteiger charge is -2.22. The van der Waals surface area contributed by atoms with Crippen LogP contribution in [-0.2, 0) is 17.8 Å². The van der Waals surface area contributed by atoms with Crippen LogP contribution >= 0.6 is 0 Å². The minimum atomic E-state index is -0.142. The van der Waals surface area contributed by atoms with E-state index in [0.717, 1.165) is 44.6 Å². The van der Waals surface area contributed by atoms with E-state index < -0.39 is 0 Å². The van der Waals surface area contributed by atoms with Gasteiger partial charge in [-0.05, 0) is 23.3 Å². The van der Waals surface area contributed by atoms with Gasteiger partial charge >= 0.3 is 0 Å². The van der Waals surface area contributed by atoms with Crippen LogP contribution in [0.3, 0.4) is 0 Å². The highest BCUT2D eigenvalue weighted by Gasteiger charge is 2.44. The molecule has 0 aromatic heterocycles. The molecule has 2 aromatic carbocycles. The highest BCUT2D eigenvalue weighted by atomic mass is 16.7. The van der Waals surface area contributed by atoms with E-state index in [-0.39, 0.29) is 5.60 Å². The number of rotatable bonds is 4. The van der Waals surface area contributed by atoms with Crippen molar-refractivity contribution in [3.63, 3.8) is 0 Å². The van der Waals surface area contributed by atoms with E-state index in [0.29, 0.717) is 5.56 Å². The molecule has 126 valence electrons. The predicted molar refractivity (Wildman–Crippen MR) is 97.1 cm³/mol. The Morgan fingerprint density at radius 1 is 1.08 bits per heavy atom. The molecule has 1 unspecified atom stereocenters. The molecule has 4 rings (SSSR count). The number of likely N-dealkylation sites (tertiary alicyclic amines) is 1. The van der Waals surface area contributed by atoms with Crippen LogP contribution in [0.15, 0.2) is 59.8 Å². The van der Waals surface area contributed by atoms with Gasteiger partial charge in [0.25, 0.3) is 0 Å². The van der Waals surface area contributed by atoms with Crippen molar-refractivity contribution in [3.8, 4) is 6.07 Å². The molecule has 1 saturated heterocycles. The average Bonchev–Trinajstić information content (AvgIpc) is 3.23. The first-order valence-corrected chi connectivity index (χ1v) is 8.74. The maximum atomic E-state index is 8.89. The summed E-state index contributed by atoms with van der Waals surface area (Å²) >= 11 is 0. The summed E-state index contributed by atoms with van der Waals surface area (Å²) < 4.78 is 0.